The third-order valence-electron chi connectivity index (χ3n) is 6.92. The van der Waals surface area contributed by atoms with Crippen LogP contribution in [0.5, 0.6) is 5.75 Å². The Morgan fingerprint density at radius 3 is 2.91 bits per heavy atom. The molecular formula is C24H31N7O2. The molecule has 1 fully saturated rings. The van der Waals surface area contributed by atoms with Crippen LogP contribution in [0.15, 0.2) is 24.5 Å². The van der Waals surface area contributed by atoms with E-state index in [1.807, 2.05) is 4.68 Å². The van der Waals surface area contributed by atoms with Crippen LogP contribution in [0, 0.1) is 5.92 Å². The molecule has 2 aromatic heterocycles. The minimum Gasteiger partial charge on any atom is -0.495 e. The number of nitrogens with zero attached hydrogens (tertiary/aromatic N) is 5. The van der Waals surface area contributed by atoms with Gasteiger partial charge >= 0.3 is 0 Å². The average molecular weight is 450 g/mol. The van der Waals surface area contributed by atoms with E-state index in [9.17, 15) is 4.79 Å². The van der Waals surface area contributed by atoms with Crippen molar-refractivity contribution in [1.82, 2.24) is 30.0 Å². The molecular weight excluding hydrogens is 418 g/mol. The Morgan fingerprint density at radius 2 is 2.09 bits per heavy atom. The van der Waals surface area contributed by atoms with E-state index in [2.05, 4.69) is 44.8 Å². The number of nitrogens with one attached hydrogen (secondary N) is 2. The summed E-state index contributed by atoms with van der Waals surface area (Å²) in [5.74, 6) is 1.42. The van der Waals surface area contributed by atoms with Crippen LogP contribution < -0.4 is 15.4 Å². The van der Waals surface area contributed by atoms with Gasteiger partial charge in [0.25, 0.3) is 0 Å². The van der Waals surface area contributed by atoms with E-state index in [1.54, 1.807) is 26.6 Å². The molecule has 33 heavy (non-hydrogen) atoms. The highest BCUT2D eigenvalue weighted by Crippen LogP contribution is 2.35. The molecule has 0 spiro atoms. The number of carbonyl (C=O) groups excluding carboxylic acids is 1. The van der Waals surface area contributed by atoms with Gasteiger partial charge in [-0.3, -0.25) is 4.79 Å². The molecule has 1 saturated carbocycles. The van der Waals surface area contributed by atoms with Gasteiger partial charge in [-0.25, -0.2) is 9.67 Å². The van der Waals surface area contributed by atoms with Gasteiger partial charge in [0.1, 0.15) is 5.75 Å². The van der Waals surface area contributed by atoms with Gasteiger partial charge in [-0.2, -0.15) is 10.1 Å². The average Bonchev–Trinajstić information content (AvgIpc) is 3.26. The van der Waals surface area contributed by atoms with Gasteiger partial charge in [-0.15, -0.1) is 0 Å². The highest BCUT2D eigenvalue weighted by molar-refractivity contribution is 5.79. The summed E-state index contributed by atoms with van der Waals surface area (Å²) in [4.78, 5) is 23.8. The summed E-state index contributed by atoms with van der Waals surface area (Å²) in [5.41, 5.74) is 4.26. The lowest BCUT2D eigenvalue weighted by Gasteiger charge is -2.28. The van der Waals surface area contributed by atoms with Crippen molar-refractivity contribution in [2.24, 2.45) is 5.92 Å². The van der Waals surface area contributed by atoms with Gasteiger partial charge < -0.3 is 20.3 Å². The van der Waals surface area contributed by atoms with Crippen molar-refractivity contribution in [2.45, 2.75) is 44.7 Å². The highest BCUT2D eigenvalue weighted by Gasteiger charge is 2.29. The smallest absolute Gasteiger partial charge is 0.229 e. The minimum absolute atomic E-state index is 0.0188. The molecule has 9 nitrogen and oxygen atoms in total. The monoisotopic (exact) mass is 449 g/mol. The number of carbonyl (C=O) groups is 1. The Labute approximate surface area is 193 Å². The Morgan fingerprint density at radius 1 is 1.21 bits per heavy atom. The number of hydrogen-bond acceptors (Lipinski definition) is 7. The van der Waals surface area contributed by atoms with Crippen molar-refractivity contribution in [3.8, 4) is 5.75 Å². The van der Waals surface area contributed by atoms with E-state index in [0.717, 1.165) is 67.7 Å². The van der Waals surface area contributed by atoms with Gasteiger partial charge in [-0.05, 0) is 56.0 Å². The quantitative estimate of drug-likeness (QED) is 0.618. The van der Waals surface area contributed by atoms with E-state index in [1.165, 1.54) is 11.1 Å². The van der Waals surface area contributed by atoms with Crippen molar-refractivity contribution in [1.29, 1.82) is 0 Å². The normalized spacial score (nSPS) is 20.9. The molecule has 174 valence electrons. The van der Waals surface area contributed by atoms with Crippen LogP contribution in [-0.4, -0.2) is 58.3 Å². The molecule has 5 rings (SSSR count). The molecule has 0 unspecified atom stereocenters. The predicted molar refractivity (Wildman–Crippen MR) is 127 cm³/mol. The van der Waals surface area contributed by atoms with Crippen molar-refractivity contribution in [3.05, 3.63) is 35.7 Å². The van der Waals surface area contributed by atoms with Gasteiger partial charge in [0.15, 0.2) is 5.65 Å². The van der Waals surface area contributed by atoms with Crippen LogP contribution in [0.25, 0.3) is 11.0 Å². The molecule has 0 saturated heterocycles. The first-order chi connectivity index (χ1) is 16.1. The number of fused-ring (bicyclic) bond motifs is 2. The Kier molecular flexibility index (Phi) is 5.88. The van der Waals surface area contributed by atoms with Crippen molar-refractivity contribution in [3.63, 3.8) is 0 Å². The zero-order valence-electron chi connectivity index (χ0n) is 19.5. The fraction of sp³-hybridized carbons (Fsp3) is 0.500. The number of methoxy groups -OCH3 is 1. The molecule has 1 aliphatic carbocycles. The number of anilines is 2. The summed E-state index contributed by atoms with van der Waals surface area (Å²) in [6, 6.07) is 4.41. The van der Waals surface area contributed by atoms with Crippen LogP contribution in [0.2, 0.25) is 0 Å². The van der Waals surface area contributed by atoms with Gasteiger partial charge in [0.2, 0.25) is 11.9 Å². The summed E-state index contributed by atoms with van der Waals surface area (Å²) < 4.78 is 7.63. The van der Waals surface area contributed by atoms with Gasteiger partial charge in [0.05, 0.1) is 30.4 Å². The third-order valence-corrected chi connectivity index (χ3v) is 6.92. The van der Waals surface area contributed by atoms with E-state index in [-0.39, 0.29) is 17.9 Å². The molecule has 2 atom stereocenters. The molecule has 1 aliphatic heterocycles. The van der Waals surface area contributed by atoms with Crippen LogP contribution >= 0.6 is 0 Å². The van der Waals surface area contributed by atoms with Crippen molar-refractivity contribution in [2.75, 3.05) is 33.1 Å². The van der Waals surface area contributed by atoms with E-state index >= 15 is 0 Å². The number of rotatable bonds is 5. The number of ether oxygens (including phenoxy) is 1. The molecule has 0 radical (unpaired) electrons. The van der Waals surface area contributed by atoms with Crippen LogP contribution in [-0.2, 0) is 17.8 Å². The lowest BCUT2D eigenvalue weighted by Crippen LogP contribution is -2.32. The number of aromatic nitrogens is 4. The summed E-state index contributed by atoms with van der Waals surface area (Å²) in [6.45, 7) is 1.96. The maximum absolute atomic E-state index is 12.2. The lowest BCUT2D eigenvalue weighted by molar-refractivity contribution is -0.125. The first kappa shape index (κ1) is 21.6. The lowest BCUT2D eigenvalue weighted by atomic mass is 9.85. The molecule has 1 amide bonds. The maximum atomic E-state index is 12.2. The fourth-order valence-corrected chi connectivity index (χ4v) is 5.11. The summed E-state index contributed by atoms with van der Waals surface area (Å²) in [5, 5.41) is 11.7. The number of benzene rings is 1. The molecule has 2 aliphatic rings. The maximum Gasteiger partial charge on any atom is 0.229 e. The fourth-order valence-electron chi connectivity index (χ4n) is 5.11. The van der Waals surface area contributed by atoms with Gasteiger partial charge in [-0.1, -0.05) is 6.42 Å². The Bertz CT molecular complexity index is 1180. The molecule has 2 N–H and O–H groups in total. The van der Waals surface area contributed by atoms with Crippen molar-refractivity contribution < 1.29 is 9.53 Å². The minimum atomic E-state index is 0.0188. The summed E-state index contributed by atoms with van der Waals surface area (Å²) >= 11 is 0. The molecule has 0 bridgehead atoms. The number of likely N-dealkylation sites (N-methyl/N-ethyl adjacent to an activating group) is 1. The van der Waals surface area contributed by atoms with E-state index in [0.29, 0.717) is 5.95 Å². The zero-order valence-corrected chi connectivity index (χ0v) is 19.5. The second kappa shape index (κ2) is 8.97. The Hall–Kier alpha value is -3.20. The summed E-state index contributed by atoms with van der Waals surface area (Å²) in [6.07, 6.45) is 8.30. The molecule has 9 heteroatoms. The first-order valence-corrected chi connectivity index (χ1v) is 11.6. The first-order valence-electron chi connectivity index (χ1n) is 11.6. The van der Waals surface area contributed by atoms with Crippen LogP contribution in [0.1, 0.15) is 42.9 Å². The number of amides is 1. The highest BCUT2D eigenvalue weighted by atomic mass is 16.5. The Balaban J connectivity index is 1.44. The summed E-state index contributed by atoms with van der Waals surface area (Å²) in [7, 11) is 5.53. The molecule has 1 aromatic carbocycles. The second-order valence-electron chi connectivity index (χ2n) is 9.13. The van der Waals surface area contributed by atoms with E-state index < -0.39 is 0 Å². The SMILES string of the molecule is CNC(=O)[C@@H]1CCC[C@@H](n2ncc3cnc(Nc4cc5c(cc4OC)CCN(C)C5)nc32)C1. The topological polar surface area (TPSA) is 97.2 Å². The van der Waals surface area contributed by atoms with Crippen LogP contribution in [0.3, 0.4) is 0 Å². The molecule has 3 aromatic rings. The largest absolute Gasteiger partial charge is 0.495 e. The third kappa shape index (κ3) is 4.25. The zero-order chi connectivity index (χ0) is 22.9. The standard InChI is InChI=1S/C24H31N7O2/c1-25-23(32)16-5-4-6-19(9-16)31-22-18(13-27-31)12-26-24(29-22)28-20-10-17-14-30(2)8-7-15(17)11-21(20)33-3/h10-13,16,19H,4-9,14H2,1-3H3,(H,25,32)(H,26,28,29)/t16-,19-/m1/s1. The van der Waals surface area contributed by atoms with Gasteiger partial charge in [0, 0.05) is 32.3 Å². The number of hydrogen-bond donors (Lipinski definition) is 2. The van der Waals surface area contributed by atoms with E-state index in [4.69, 9.17) is 9.72 Å². The molecule has 3 heterocycles. The van der Waals surface area contributed by atoms with Crippen LogP contribution in [0.4, 0.5) is 11.6 Å². The van der Waals surface area contributed by atoms with Crippen molar-refractivity contribution >= 4 is 28.6 Å². The predicted octanol–water partition coefficient (Wildman–Crippen LogP) is 3.04. The second-order valence-corrected chi connectivity index (χ2v) is 9.13.